The Morgan fingerprint density at radius 2 is 2.29 bits per heavy atom. The second-order valence-electron chi connectivity index (χ2n) is 3.93. The monoisotopic (exact) mass is 319 g/mol. The van der Waals surface area contributed by atoms with Crippen molar-refractivity contribution in [3.05, 3.63) is 16.4 Å². The number of carbonyl (C=O) groups is 1. The van der Waals surface area contributed by atoms with Crippen LogP contribution >= 0.6 is 27.7 Å². The number of carbonyl (C=O) groups excluding carboxylic acids is 1. The van der Waals surface area contributed by atoms with Crippen molar-refractivity contribution >= 4 is 33.5 Å². The number of rotatable bonds is 7. The molecule has 1 aromatic rings. The van der Waals surface area contributed by atoms with Crippen molar-refractivity contribution in [2.24, 2.45) is 0 Å². The summed E-state index contributed by atoms with van der Waals surface area (Å²) in [6.45, 7) is 3.65. The van der Waals surface area contributed by atoms with E-state index in [1.165, 1.54) is 0 Å². The van der Waals surface area contributed by atoms with Crippen LogP contribution in [0.15, 0.2) is 10.7 Å². The molecule has 0 aliphatic carbocycles. The number of thioether (sulfide) groups is 1. The number of aromatic nitrogens is 2. The van der Waals surface area contributed by atoms with Crippen LogP contribution in [-0.4, -0.2) is 52.6 Å². The lowest BCUT2D eigenvalue weighted by Crippen LogP contribution is -2.22. The van der Waals surface area contributed by atoms with Crippen molar-refractivity contribution < 1.29 is 4.79 Å². The van der Waals surface area contributed by atoms with Gasteiger partial charge in [0.05, 0.1) is 23.0 Å². The first-order chi connectivity index (χ1) is 8.06. The van der Waals surface area contributed by atoms with E-state index in [1.54, 1.807) is 22.6 Å². The van der Waals surface area contributed by atoms with Crippen LogP contribution < -0.4 is 0 Å². The predicted molar refractivity (Wildman–Crippen MR) is 75.8 cm³/mol. The van der Waals surface area contributed by atoms with Gasteiger partial charge in [0, 0.05) is 6.54 Å². The van der Waals surface area contributed by atoms with Crippen molar-refractivity contribution in [3.8, 4) is 0 Å². The molecule has 1 heterocycles. The van der Waals surface area contributed by atoms with Crippen molar-refractivity contribution in [3.63, 3.8) is 0 Å². The molecular formula is C11H18BrN3OS. The van der Waals surface area contributed by atoms with Gasteiger partial charge in [0.25, 0.3) is 0 Å². The molecule has 0 bridgehead atoms. The van der Waals surface area contributed by atoms with Gasteiger partial charge in [-0.25, -0.2) is 0 Å². The third-order valence-corrected chi connectivity index (χ3v) is 3.71. The Labute approximate surface area is 115 Å². The number of halogens is 1. The number of hydrogen-bond acceptors (Lipinski definition) is 4. The van der Waals surface area contributed by atoms with E-state index in [0.29, 0.717) is 11.4 Å². The first kappa shape index (κ1) is 14.7. The minimum absolute atomic E-state index is 0.139. The first-order valence-electron chi connectivity index (χ1n) is 5.53. The van der Waals surface area contributed by atoms with Gasteiger partial charge in [0.15, 0.2) is 5.78 Å². The van der Waals surface area contributed by atoms with Crippen molar-refractivity contribution in [2.75, 3.05) is 32.1 Å². The molecule has 0 amide bonds. The predicted octanol–water partition coefficient (Wildman–Crippen LogP) is 2.14. The molecule has 17 heavy (non-hydrogen) atoms. The molecule has 0 aliphatic rings. The molecule has 0 fully saturated rings. The maximum Gasteiger partial charge on any atom is 0.191 e. The lowest BCUT2D eigenvalue weighted by molar-refractivity contribution is 0.101. The van der Waals surface area contributed by atoms with Gasteiger partial charge in [-0.2, -0.15) is 16.9 Å². The molecule has 0 atom stereocenters. The summed E-state index contributed by atoms with van der Waals surface area (Å²) in [7, 11) is 4.01. The zero-order valence-corrected chi connectivity index (χ0v) is 12.8. The van der Waals surface area contributed by atoms with E-state index in [4.69, 9.17) is 0 Å². The maximum atomic E-state index is 12.0. The fourth-order valence-electron chi connectivity index (χ4n) is 1.37. The summed E-state index contributed by atoms with van der Waals surface area (Å²) in [5.74, 6) is 1.61. The van der Waals surface area contributed by atoms with Crippen molar-refractivity contribution in [2.45, 2.75) is 13.5 Å². The second-order valence-corrected chi connectivity index (χ2v) is 6.06. The second kappa shape index (κ2) is 7.18. The van der Waals surface area contributed by atoms with Crippen LogP contribution in [0.5, 0.6) is 0 Å². The number of ketones is 1. The maximum absolute atomic E-state index is 12.0. The Morgan fingerprint density at radius 3 is 2.88 bits per heavy atom. The highest BCUT2D eigenvalue weighted by Gasteiger charge is 2.16. The zero-order chi connectivity index (χ0) is 12.8. The average molecular weight is 320 g/mol. The molecular weight excluding hydrogens is 302 g/mol. The van der Waals surface area contributed by atoms with Crippen molar-refractivity contribution in [1.29, 1.82) is 0 Å². The van der Waals surface area contributed by atoms with Crippen LogP contribution in [0.1, 0.15) is 17.4 Å². The number of nitrogens with zero attached hydrogens (tertiary/aromatic N) is 3. The molecule has 0 aliphatic heterocycles. The minimum atomic E-state index is 0.139. The van der Waals surface area contributed by atoms with Gasteiger partial charge in [-0.05, 0) is 35.8 Å². The van der Waals surface area contributed by atoms with Gasteiger partial charge in [-0.3, -0.25) is 9.48 Å². The van der Waals surface area contributed by atoms with E-state index < -0.39 is 0 Å². The Kier molecular flexibility index (Phi) is 6.22. The molecule has 0 aromatic carbocycles. The summed E-state index contributed by atoms with van der Waals surface area (Å²) in [4.78, 5) is 14.1. The topological polar surface area (TPSA) is 38.1 Å². The largest absolute Gasteiger partial charge is 0.308 e. The highest BCUT2D eigenvalue weighted by Crippen LogP contribution is 2.18. The van der Waals surface area contributed by atoms with Gasteiger partial charge in [0.1, 0.15) is 5.69 Å². The van der Waals surface area contributed by atoms with Crippen LogP contribution in [0, 0.1) is 0 Å². The van der Waals surface area contributed by atoms with Gasteiger partial charge in [-0.15, -0.1) is 0 Å². The molecule has 0 saturated heterocycles. The van der Waals surface area contributed by atoms with Gasteiger partial charge in [0.2, 0.25) is 0 Å². The third kappa shape index (κ3) is 4.44. The van der Waals surface area contributed by atoms with Crippen LogP contribution in [0.4, 0.5) is 0 Å². The molecule has 1 rings (SSSR count). The fraction of sp³-hybridized carbons (Fsp3) is 0.636. The Hall–Kier alpha value is -0.330. The minimum Gasteiger partial charge on any atom is -0.308 e. The molecule has 0 unspecified atom stereocenters. The number of hydrogen-bond donors (Lipinski definition) is 0. The smallest absolute Gasteiger partial charge is 0.191 e. The Balaban J connectivity index is 2.75. The Bertz CT molecular complexity index is 379. The molecule has 0 spiro atoms. The summed E-state index contributed by atoms with van der Waals surface area (Å²) in [6.07, 6.45) is 1.69. The highest BCUT2D eigenvalue weighted by atomic mass is 79.9. The summed E-state index contributed by atoms with van der Waals surface area (Å²) in [5, 5.41) is 4.23. The van der Waals surface area contributed by atoms with Crippen LogP contribution in [-0.2, 0) is 6.54 Å². The van der Waals surface area contributed by atoms with E-state index in [2.05, 4.69) is 32.9 Å². The van der Waals surface area contributed by atoms with Crippen LogP contribution in [0.25, 0.3) is 0 Å². The van der Waals surface area contributed by atoms with E-state index in [0.717, 1.165) is 23.3 Å². The van der Waals surface area contributed by atoms with E-state index in [-0.39, 0.29) is 5.78 Å². The van der Waals surface area contributed by atoms with Crippen LogP contribution in [0.2, 0.25) is 0 Å². The molecule has 0 radical (unpaired) electrons. The lowest BCUT2D eigenvalue weighted by Gasteiger charge is -2.11. The van der Waals surface area contributed by atoms with Crippen LogP contribution in [0.3, 0.4) is 0 Å². The molecule has 1 aromatic heterocycles. The third-order valence-electron chi connectivity index (χ3n) is 2.26. The summed E-state index contributed by atoms with van der Waals surface area (Å²) in [5.41, 5.74) is 0.688. The summed E-state index contributed by atoms with van der Waals surface area (Å²) >= 11 is 5.02. The van der Waals surface area contributed by atoms with Crippen molar-refractivity contribution in [1.82, 2.24) is 14.7 Å². The zero-order valence-electron chi connectivity index (χ0n) is 10.4. The quantitative estimate of drug-likeness (QED) is 0.722. The Morgan fingerprint density at radius 1 is 1.59 bits per heavy atom. The summed E-state index contributed by atoms with van der Waals surface area (Å²) < 4.78 is 2.57. The fourth-order valence-corrected chi connectivity index (χ4v) is 2.41. The standard InChI is InChI=1S/C11H18BrN3OS/c1-4-17-8-10(16)11-9(12)7-13-15(11)6-5-14(2)3/h7H,4-6,8H2,1-3H3. The van der Waals surface area contributed by atoms with E-state index >= 15 is 0 Å². The van der Waals surface area contributed by atoms with E-state index in [9.17, 15) is 4.79 Å². The SMILES string of the molecule is CCSCC(=O)c1c(Br)cnn1CCN(C)C. The molecule has 6 heteroatoms. The van der Waals surface area contributed by atoms with Gasteiger partial charge in [-0.1, -0.05) is 6.92 Å². The normalized spacial score (nSPS) is 11.1. The van der Waals surface area contributed by atoms with E-state index in [1.807, 2.05) is 14.1 Å². The lowest BCUT2D eigenvalue weighted by atomic mass is 10.3. The average Bonchev–Trinajstić information content (AvgIpc) is 2.64. The number of Topliss-reactive ketones (excluding diaryl/α,β-unsaturated/α-hetero) is 1. The molecule has 0 saturated carbocycles. The summed E-state index contributed by atoms with van der Waals surface area (Å²) in [6, 6.07) is 0. The molecule has 4 nitrogen and oxygen atoms in total. The van der Waals surface area contributed by atoms with Gasteiger partial charge < -0.3 is 4.90 Å². The molecule has 0 N–H and O–H groups in total. The number of likely N-dealkylation sites (N-methyl/N-ethyl adjacent to an activating group) is 1. The highest BCUT2D eigenvalue weighted by molar-refractivity contribution is 9.10. The molecule has 96 valence electrons. The van der Waals surface area contributed by atoms with Gasteiger partial charge >= 0.3 is 0 Å². The first-order valence-corrected chi connectivity index (χ1v) is 7.48.